The van der Waals surface area contributed by atoms with Crippen LogP contribution in [0.4, 0.5) is 0 Å². The van der Waals surface area contributed by atoms with E-state index in [9.17, 15) is 4.79 Å². The van der Waals surface area contributed by atoms with E-state index in [4.69, 9.17) is 16.6 Å². The Morgan fingerprint density at radius 3 is 2.53 bits per heavy atom. The van der Waals surface area contributed by atoms with E-state index in [0.29, 0.717) is 10.2 Å². The second kappa shape index (κ2) is 9.02. The van der Waals surface area contributed by atoms with Crippen molar-refractivity contribution < 1.29 is 4.79 Å². The van der Waals surface area contributed by atoms with E-state index in [-0.39, 0.29) is 17.7 Å². The molecule has 0 bridgehead atoms. The summed E-state index contributed by atoms with van der Waals surface area (Å²) in [5, 5.41) is 3.71. The summed E-state index contributed by atoms with van der Waals surface area (Å²) in [6.45, 7) is 0. The molecule has 4 aromatic rings. The smallest absolute Gasteiger partial charge is 0.252 e. The van der Waals surface area contributed by atoms with Gasteiger partial charge in [0.15, 0.2) is 5.16 Å². The second-order valence-electron chi connectivity index (χ2n) is 7.28. The number of nitrogens with one attached hydrogen (secondary N) is 1. The van der Waals surface area contributed by atoms with Crippen LogP contribution in [-0.2, 0) is 4.79 Å². The first-order chi connectivity index (χ1) is 15.7. The molecule has 3 aromatic carbocycles. The third kappa shape index (κ3) is 4.20. The molecule has 32 heavy (non-hydrogen) atoms. The Morgan fingerprint density at radius 1 is 1.00 bits per heavy atom. The van der Waals surface area contributed by atoms with E-state index in [0.717, 1.165) is 27.7 Å². The number of rotatable bonds is 5. The molecule has 0 fully saturated rings. The fourth-order valence-electron chi connectivity index (χ4n) is 3.67. The Morgan fingerprint density at radius 2 is 1.75 bits per heavy atom. The maximum absolute atomic E-state index is 13.0. The lowest BCUT2D eigenvalue weighted by Gasteiger charge is -2.24. The van der Waals surface area contributed by atoms with Gasteiger partial charge >= 0.3 is 0 Å². The molecular weight excluding hydrogens is 440 g/mol. The third-order valence-electron chi connectivity index (χ3n) is 5.19. The molecule has 1 aromatic heterocycles. The van der Waals surface area contributed by atoms with E-state index >= 15 is 0 Å². The summed E-state index contributed by atoms with van der Waals surface area (Å²) in [6, 6.07) is 25.3. The Hall–Kier alpha value is -3.35. The Kier molecular flexibility index (Phi) is 5.79. The van der Waals surface area contributed by atoms with Crippen molar-refractivity contribution in [3.05, 3.63) is 102 Å². The molecule has 1 atom stereocenters. The standard InChI is InChI=1S/C25H19ClN4OS/c26-19-11-12-21-20(15-19)24(18-9-5-2-6-10-18)29-25(28-21)32-16-23(31)30-22(13-14-27-30)17-7-3-1-4-8-17/h1-15,22,27H,16H2/t22-/m1/s1. The van der Waals surface area contributed by atoms with Crippen molar-refractivity contribution in [3.63, 3.8) is 0 Å². The van der Waals surface area contributed by atoms with Crippen LogP contribution in [0.15, 0.2) is 96.3 Å². The SMILES string of the molecule is O=C(CSc1nc(-c2ccccc2)c2cc(Cl)ccc2n1)N1NC=C[C@@H]1c1ccccc1. The molecule has 158 valence electrons. The van der Waals surface area contributed by atoms with Gasteiger partial charge in [-0.15, -0.1) is 0 Å². The van der Waals surface area contributed by atoms with Crippen LogP contribution in [0.3, 0.4) is 0 Å². The number of benzene rings is 3. The number of hydrogen-bond acceptors (Lipinski definition) is 5. The third-order valence-corrected chi connectivity index (χ3v) is 6.26. The zero-order valence-corrected chi connectivity index (χ0v) is 18.6. The summed E-state index contributed by atoms with van der Waals surface area (Å²) in [5.74, 6) is 0.167. The fraction of sp³-hybridized carbons (Fsp3) is 0.0800. The van der Waals surface area contributed by atoms with Gasteiger partial charge in [-0.25, -0.2) is 15.0 Å². The topological polar surface area (TPSA) is 58.1 Å². The highest BCUT2D eigenvalue weighted by atomic mass is 35.5. The number of carbonyl (C=O) groups excluding carboxylic acids is 1. The molecule has 2 heterocycles. The zero-order chi connectivity index (χ0) is 21.9. The number of halogens is 1. The van der Waals surface area contributed by atoms with E-state index in [2.05, 4.69) is 10.4 Å². The van der Waals surface area contributed by atoms with Gasteiger partial charge in [-0.3, -0.25) is 4.79 Å². The van der Waals surface area contributed by atoms with Crippen LogP contribution in [0.2, 0.25) is 5.02 Å². The van der Waals surface area contributed by atoms with Gasteiger partial charge in [0.05, 0.1) is 23.0 Å². The molecular formula is C25H19ClN4OS. The van der Waals surface area contributed by atoms with Crippen molar-refractivity contribution in [1.82, 2.24) is 20.4 Å². The van der Waals surface area contributed by atoms with E-state index in [1.807, 2.05) is 84.9 Å². The maximum Gasteiger partial charge on any atom is 0.252 e. The minimum absolute atomic E-state index is 0.0464. The number of carbonyl (C=O) groups is 1. The summed E-state index contributed by atoms with van der Waals surface area (Å²) >= 11 is 7.56. The molecule has 0 radical (unpaired) electrons. The Bertz CT molecular complexity index is 1300. The highest BCUT2D eigenvalue weighted by molar-refractivity contribution is 7.99. The number of aromatic nitrogens is 2. The number of nitrogens with zero attached hydrogens (tertiary/aromatic N) is 3. The van der Waals surface area contributed by atoms with E-state index < -0.39 is 0 Å². The average molecular weight is 459 g/mol. The Balaban J connectivity index is 1.40. The number of thioether (sulfide) groups is 1. The largest absolute Gasteiger partial charge is 0.303 e. The maximum atomic E-state index is 13.0. The summed E-state index contributed by atoms with van der Waals surface area (Å²) in [5.41, 5.74) is 6.67. The summed E-state index contributed by atoms with van der Waals surface area (Å²) in [6.07, 6.45) is 3.77. The minimum Gasteiger partial charge on any atom is -0.303 e. The van der Waals surface area contributed by atoms with Crippen LogP contribution in [0.25, 0.3) is 22.2 Å². The number of hydrazine groups is 1. The molecule has 1 aliphatic rings. The van der Waals surface area contributed by atoms with Crippen LogP contribution >= 0.6 is 23.4 Å². The highest BCUT2D eigenvalue weighted by Gasteiger charge is 2.26. The molecule has 5 rings (SSSR count). The van der Waals surface area contributed by atoms with Gasteiger partial charge < -0.3 is 5.43 Å². The van der Waals surface area contributed by atoms with Gasteiger partial charge in [-0.1, -0.05) is 84.0 Å². The van der Waals surface area contributed by atoms with Crippen LogP contribution in [0, 0.1) is 0 Å². The molecule has 0 saturated heterocycles. The van der Waals surface area contributed by atoms with Gasteiger partial charge in [0.25, 0.3) is 5.91 Å². The van der Waals surface area contributed by atoms with Gasteiger partial charge in [-0.05, 0) is 29.8 Å². The van der Waals surface area contributed by atoms with Crippen molar-refractivity contribution in [2.75, 3.05) is 5.75 Å². The predicted molar refractivity (Wildman–Crippen MR) is 129 cm³/mol. The monoisotopic (exact) mass is 458 g/mol. The molecule has 0 unspecified atom stereocenters. The molecule has 5 nitrogen and oxygen atoms in total. The van der Waals surface area contributed by atoms with Gasteiger partial charge in [-0.2, -0.15) is 0 Å². The zero-order valence-electron chi connectivity index (χ0n) is 17.0. The Labute approximate surface area is 195 Å². The number of hydrogen-bond donors (Lipinski definition) is 1. The lowest BCUT2D eigenvalue weighted by atomic mass is 10.1. The molecule has 0 spiro atoms. The molecule has 0 aliphatic carbocycles. The lowest BCUT2D eigenvalue weighted by Crippen LogP contribution is -2.39. The first-order valence-electron chi connectivity index (χ1n) is 10.1. The molecule has 7 heteroatoms. The van der Waals surface area contributed by atoms with Gasteiger partial charge in [0.1, 0.15) is 0 Å². The average Bonchev–Trinajstić information content (AvgIpc) is 3.33. The van der Waals surface area contributed by atoms with Crippen molar-refractivity contribution in [2.24, 2.45) is 0 Å². The molecule has 1 N–H and O–H groups in total. The number of fused-ring (bicyclic) bond motifs is 1. The van der Waals surface area contributed by atoms with Gasteiger partial charge in [0, 0.05) is 22.2 Å². The van der Waals surface area contributed by atoms with Crippen LogP contribution in [-0.4, -0.2) is 26.6 Å². The lowest BCUT2D eigenvalue weighted by molar-refractivity contribution is -0.131. The highest BCUT2D eigenvalue weighted by Crippen LogP contribution is 2.31. The summed E-state index contributed by atoms with van der Waals surface area (Å²) in [4.78, 5) is 22.4. The summed E-state index contributed by atoms with van der Waals surface area (Å²) in [7, 11) is 0. The molecule has 1 amide bonds. The van der Waals surface area contributed by atoms with Crippen molar-refractivity contribution >= 4 is 40.2 Å². The van der Waals surface area contributed by atoms with Crippen LogP contribution < -0.4 is 5.43 Å². The quantitative estimate of drug-likeness (QED) is 0.309. The van der Waals surface area contributed by atoms with Crippen molar-refractivity contribution in [3.8, 4) is 11.3 Å². The van der Waals surface area contributed by atoms with E-state index in [1.165, 1.54) is 11.8 Å². The van der Waals surface area contributed by atoms with Crippen LogP contribution in [0.5, 0.6) is 0 Å². The molecule has 1 aliphatic heterocycles. The fourth-order valence-corrected chi connectivity index (χ4v) is 4.56. The number of amides is 1. The van der Waals surface area contributed by atoms with Crippen molar-refractivity contribution in [2.45, 2.75) is 11.2 Å². The second-order valence-corrected chi connectivity index (χ2v) is 8.66. The first kappa shape index (κ1) is 20.5. The van der Waals surface area contributed by atoms with Crippen LogP contribution in [0.1, 0.15) is 11.6 Å². The van der Waals surface area contributed by atoms with Gasteiger partial charge in [0.2, 0.25) is 0 Å². The first-order valence-corrected chi connectivity index (χ1v) is 11.5. The predicted octanol–water partition coefficient (Wildman–Crippen LogP) is 5.64. The minimum atomic E-state index is -0.135. The van der Waals surface area contributed by atoms with E-state index in [1.54, 1.807) is 11.2 Å². The molecule has 0 saturated carbocycles. The summed E-state index contributed by atoms with van der Waals surface area (Å²) < 4.78 is 0. The normalized spacial score (nSPS) is 15.2. The van der Waals surface area contributed by atoms with Crippen molar-refractivity contribution in [1.29, 1.82) is 0 Å².